The Labute approximate surface area is 175 Å². The molecule has 2 aromatic carbocycles. The number of halogens is 3. The molecule has 0 aliphatic carbocycles. The Morgan fingerprint density at radius 1 is 1.15 bits per heavy atom. The summed E-state index contributed by atoms with van der Waals surface area (Å²) in [5, 5.41) is 6.96. The number of hydrogen-bond acceptors (Lipinski definition) is 2. The van der Waals surface area contributed by atoms with Crippen LogP contribution in [0.3, 0.4) is 0 Å². The summed E-state index contributed by atoms with van der Waals surface area (Å²) in [6.45, 7) is 3.97. The molecule has 1 saturated heterocycles. The van der Waals surface area contributed by atoms with Crippen molar-refractivity contribution in [1.82, 2.24) is 5.32 Å². The Morgan fingerprint density at radius 3 is 2.59 bits per heavy atom. The third-order valence-corrected chi connectivity index (χ3v) is 6.24. The highest BCUT2D eigenvalue weighted by atomic mass is 79.9. The number of rotatable bonds is 2. The Kier molecular flexibility index (Phi) is 4.57. The lowest BCUT2D eigenvalue weighted by Gasteiger charge is -2.46. The van der Waals surface area contributed by atoms with E-state index in [1.165, 1.54) is 0 Å². The van der Waals surface area contributed by atoms with E-state index in [2.05, 4.69) is 33.1 Å². The van der Waals surface area contributed by atoms with Gasteiger partial charge in [-0.2, -0.15) is 0 Å². The topological polar surface area (TPSA) is 58.2 Å². The Hall–Kier alpha value is -1.82. The molecule has 3 atom stereocenters. The van der Waals surface area contributed by atoms with Crippen LogP contribution in [0.25, 0.3) is 0 Å². The molecule has 7 heteroatoms. The van der Waals surface area contributed by atoms with E-state index in [1.807, 2.05) is 24.3 Å². The minimum absolute atomic E-state index is 0.147. The highest BCUT2D eigenvalue weighted by Gasteiger charge is 2.61. The molecule has 1 fully saturated rings. The normalized spacial score (nSPS) is 26.5. The maximum Gasteiger partial charge on any atom is 0.238 e. The van der Waals surface area contributed by atoms with Crippen molar-refractivity contribution in [2.24, 2.45) is 0 Å². The number of carbonyl (C=O) groups is 2. The summed E-state index contributed by atoms with van der Waals surface area (Å²) in [5.41, 5.74) is 1.20. The molecule has 27 heavy (non-hydrogen) atoms. The minimum Gasteiger partial charge on any atom is -0.347 e. The first-order valence-corrected chi connectivity index (χ1v) is 9.89. The molecule has 138 valence electrons. The quantitative estimate of drug-likeness (QED) is 0.671. The first-order chi connectivity index (χ1) is 12.8. The van der Waals surface area contributed by atoms with Crippen LogP contribution in [0, 0.1) is 0 Å². The predicted molar refractivity (Wildman–Crippen MR) is 111 cm³/mol. The van der Waals surface area contributed by atoms with Crippen molar-refractivity contribution in [3.63, 3.8) is 0 Å². The van der Waals surface area contributed by atoms with Crippen molar-refractivity contribution < 1.29 is 9.59 Å². The largest absolute Gasteiger partial charge is 0.347 e. The molecule has 2 amide bonds. The lowest BCUT2D eigenvalue weighted by molar-refractivity contribution is -0.130. The van der Waals surface area contributed by atoms with E-state index in [0.717, 1.165) is 11.1 Å². The summed E-state index contributed by atoms with van der Waals surface area (Å²) in [5.74, 6) is -0.756. The van der Waals surface area contributed by atoms with Crippen molar-refractivity contribution in [2.75, 3.05) is 5.32 Å². The zero-order valence-electron chi connectivity index (χ0n) is 14.1. The summed E-state index contributed by atoms with van der Waals surface area (Å²) in [6, 6.07) is 12.0. The van der Waals surface area contributed by atoms with Gasteiger partial charge in [0.15, 0.2) is 0 Å². The van der Waals surface area contributed by atoms with E-state index < -0.39 is 17.4 Å². The van der Waals surface area contributed by atoms with Crippen molar-refractivity contribution in [3.05, 3.63) is 74.7 Å². The molecule has 2 aromatic rings. The molecule has 2 aliphatic heterocycles. The number of anilines is 1. The smallest absolute Gasteiger partial charge is 0.238 e. The number of amides is 2. The van der Waals surface area contributed by atoms with Crippen LogP contribution in [-0.4, -0.2) is 17.9 Å². The van der Waals surface area contributed by atoms with Gasteiger partial charge in [0.2, 0.25) is 11.8 Å². The van der Waals surface area contributed by atoms with Crippen LogP contribution in [0.4, 0.5) is 5.69 Å². The van der Waals surface area contributed by atoms with Gasteiger partial charge in [-0.3, -0.25) is 9.59 Å². The number of fused-ring (bicyclic) bond motifs is 2. The van der Waals surface area contributed by atoms with E-state index in [-0.39, 0.29) is 18.2 Å². The van der Waals surface area contributed by atoms with Crippen molar-refractivity contribution in [3.8, 4) is 0 Å². The fourth-order valence-corrected chi connectivity index (χ4v) is 5.12. The zero-order chi connectivity index (χ0) is 19.3. The van der Waals surface area contributed by atoms with Gasteiger partial charge in [0, 0.05) is 32.6 Å². The fraction of sp³-hybridized carbons (Fsp3) is 0.200. The van der Waals surface area contributed by atoms with E-state index in [9.17, 15) is 9.59 Å². The van der Waals surface area contributed by atoms with Crippen LogP contribution in [0.5, 0.6) is 0 Å². The molecule has 4 rings (SSSR count). The summed E-state index contributed by atoms with van der Waals surface area (Å²) >= 11 is 15.8. The van der Waals surface area contributed by atoms with Gasteiger partial charge in [-0.1, -0.05) is 63.9 Å². The van der Waals surface area contributed by atoms with Crippen LogP contribution >= 0.6 is 39.1 Å². The molecule has 2 aliphatic rings. The highest BCUT2D eigenvalue weighted by Crippen LogP contribution is 2.54. The number of hydrogen-bond donors (Lipinski definition) is 2. The highest BCUT2D eigenvalue weighted by molar-refractivity contribution is 9.11. The van der Waals surface area contributed by atoms with Crippen molar-refractivity contribution >= 4 is 56.6 Å². The SMILES string of the molecule is C=C(Br)[C@@H]1NC(=O)C[C@@H](c2cccc(Cl)c2)[C@]12C(=O)Nc1cc(Cl)ccc12. The van der Waals surface area contributed by atoms with Gasteiger partial charge < -0.3 is 10.6 Å². The number of benzene rings is 2. The summed E-state index contributed by atoms with van der Waals surface area (Å²) in [7, 11) is 0. The molecule has 0 aromatic heterocycles. The fourth-order valence-electron chi connectivity index (χ4n) is 4.27. The van der Waals surface area contributed by atoms with Gasteiger partial charge in [-0.25, -0.2) is 0 Å². The van der Waals surface area contributed by atoms with Crippen molar-refractivity contribution in [1.29, 1.82) is 0 Å². The number of carbonyl (C=O) groups excluding carboxylic acids is 2. The van der Waals surface area contributed by atoms with E-state index >= 15 is 0 Å². The first-order valence-electron chi connectivity index (χ1n) is 8.34. The summed E-state index contributed by atoms with van der Waals surface area (Å²) < 4.78 is 0.528. The molecule has 0 radical (unpaired) electrons. The zero-order valence-corrected chi connectivity index (χ0v) is 17.2. The molecule has 0 saturated carbocycles. The van der Waals surface area contributed by atoms with Gasteiger partial charge in [0.25, 0.3) is 0 Å². The van der Waals surface area contributed by atoms with Gasteiger partial charge in [-0.15, -0.1) is 0 Å². The second kappa shape index (κ2) is 6.66. The van der Waals surface area contributed by atoms with Crippen LogP contribution < -0.4 is 10.6 Å². The average molecular weight is 466 g/mol. The van der Waals surface area contributed by atoms with Gasteiger partial charge in [0.1, 0.15) is 5.41 Å². The summed E-state index contributed by atoms with van der Waals surface area (Å²) in [4.78, 5) is 25.9. The Morgan fingerprint density at radius 2 is 1.89 bits per heavy atom. The lowest BCUT2D eigenvalue weighted by atomic mass is 9.60. The molecule has 0 unspecified atom stereocenters. The summed E-state index contributed by atoms with van der Waals surface area (Å²) in [6.07, 6.45) is 0.159. The monoisotopic (exact) mass is 464 g/mol. The van der Waals surface area contributed by atoms with E-state index in [0.29, 0.717) is 20.2 Å². The Balaban J connectivity index is 2.01. The second-order valence-electron chi connectivity index (χ2n) is 6.77. The molecular formula is C20H15BrCl2N2O2. The molecule has 1 spiro atoms. The third kappa shape index (κ3) is 2.80. The number of piperidine rings is 1. The lowest BCUT2D eigenvalue weighted by Crippen LogP contribution is -2.61. The number of nitrogens with one attached hydrogen (secondary N) is 2. The molecule has 2 N–H and O–H groups in total. The minimum atomic E-state index is -1.06. The van der Waals surface area contributed by atoms with Gasteiger partial charge >= 0.3 is 0 Å². The van der Waals surface area contributed by atoms with Crippen LogP contribution in [0.15, 0.2) is 53.5 Å². The van der Waals surface area contributed by atoms with E-state index in [1.54, 1.807) is 18.2 Å². The Bertz CT molecular complexity index is 994. The van der Waals surface area contributed by atoms with Crippen molar-refractivity contribution in [2.45, 2.75) is 23.8 Å². The first kappa shape index (κ1) is 18.5. The standard InChI is InChI=1S/C20H15BrCl2N2O2/c1-10(21)18-20(14-6-5-13(23)8-16(14)24-19(20)27)15(9-17(26)25-18)11-3-2-4-12(22)7-11/h2-8,15,18H,1,9H2,(H,24,27)(H,25,26)/t15-,18-,20-/m0/s1. The van der Waals surface area contributed by atoms with E-state index in [4.69, 9.17) is 23.2 Å². The predicted octanol–water partition coefficient (Wildman–Crippen LogP) is 4.76. The van der Waals surface area contributed by atoms with Crippen LogP contribution in [0.2, 0.25) is 10.0 Å². The average Bonchev–Trinajstić information content (AvgIpc) is 2.88. The van der Waals surface area contributed by atoms with Gasteiger partial charge in [-0.05, 0) is 35.4 Å². The van der Waals surface area contributed by atoms with Gasteiger partial charge in [0.05, 0.1) is 6.04 Å². The van der Waals surface area contributed by atoms with Crippen LogP contribution in [0.1, 0.15) is 23.5 Å². The second-order valence-corrected chi connectivity index (χ2v) is 8.66. The molecule has 4 nitrogen and oxygen atoms in total. The molecular weight excluding hydrogens is 451 g/mol. The third-order valence-electron chi connectivity index (χ3n) is 5.32. The van der Waals surface area contributed by atoms with Crippen LogP contribution in [-0.2, 0) is 15.0 Å². The molecule has 2 heterocycles. The maximum absolute atomic E-state index is 13.4. The molecule has 0 bridgehead atoms. The maximum atomic E-state index is 13.4.